The highest BCUT2D eigenvalue weighted by Gasteiger charge is 2.03. The van der Waals surface area contributed by atoms with Crippen LogP contribution >= 0.6 is 0 Å². The number of aliphatic hydroxyl groups excluding tert-OH is 1. The summed E-state index contributed by atoms with van der Waals surface area (Å²) < 4.78 is 0. The molecule has 0 aliphatic carbocycles. The van der Waals surface area contributed by atoms with Gasteiger partial charge in [0.15, 0.2) is 0 Å². The number of hydrogen-bond acceptors (Lipinski definition) is 2. The molecule has 120 valence electrons. The van der Waals surface area contributed by atoms with Crippen molar-refractivity contribution in [2.24, 2.45) is 0 Å². The van der Waals surface area contributed by atoms with E-state index in [-0.39, 0.29) is 6.10 Å². The molecule has 2 N–H and O–H groups in total. The van der Waals surface area contributed by atoms with Crippen molar-refractivity contribution in [3.63, 3.8) is 0 Å². The van der Waals surface area contributed by atoms with Crippen LogP contribution in [0.4, 0.5) is 0 Å². The van der Waals surface area contributed by atoms with Crippen molar-refractivity contribution in [3.8, 4) is 0 Å². The predicted octanol–water partition coefficient (Wildman–Crippen LogP) is 4.91. The highest BCUT2D eigenvalue weighted by Crippen LogP contribution is 2.13. The summed E-state index contributed by atoms with van der Waals surface area (Å²) in [5.41, 5.74) is 0. The molecule has 0 aromatic carbocycles. The van der Waals surface area contributed by atoms with Crippen LogP contribution in [0.5, 0.6) is 0 Å². The zero-order chi connectivity index (χ0) is 15.1. The van der Waals surface area contributed by atoms with E-state index < -0.39 is 5.97 Å². The first-order chi connectivity index (χ1) is 9.66. The number of carboxylic acids is 1. The lowest BCUT2D eigenvalue weighted by Crippen LogP contribution is -2.05. The fourth-order valence-corrected chi connectivity index (χ4v) is 2.49. The van der Waals surface area contributed by atoms with E-state index in [1.807, 2.05) is 0 Å². The number of aliphatic hydroxyl groups is 1. The molecule has 20 heavy (non-hydrogen) atoms. The Hall–Kier alpha value is -0.570. The normalized spacial score (nSPS) is 12.5. The molecule has 0 rings (SSSR count). The van der Waals surface area contributed by atoms with Gasteiger partial charge in [-0.15, -0.1) is 0 Å². The number of carbonyl (C=O) groups is 1. The molecule has 1 unspecified atom stereocenters. The third kappa shape index (κ3) is 15.5. The van der Waals surface area contributed by atoms with Crippen LogP contribution in [0, 0.1) is 0 Å². The average molecular weight is 286 g/mol. The van der Waals surface area contributed by atoms with E-state index in [0.717, 1.165) is 51.4 Å². The molecule has 3 nitrogen and oxygen atoms in total. The van der Waals surface area contributed by atoms with Crippen LogP contribution in [-0.2, 0) is 4.79 Å². The molecule has 0 aromatic heterocycles. The summed E-state index contributed by atoms with van der Waals surface area (Å²) in [6, 6.07) is 0. The number of hydrogen-bond donors (Lipinski definition) is 2. The third-order valence-electron chi connectivity index (χ3n) is 3.82. The minimum atomic E-state index is -0.695. The van der Waals surface area contributed by atoms with E-state index in [1.165, 1.54) is 32.1 Å². The van der Waals surface area contributed by atoms with E-state index in [9.17, 15) is 9.90 Å². The molecule has 0 aromatic rings. The SMILES string of the molecule is CCCCCCCCC(O)CCCCCCCC(=O)O. The Balaban J connectivity index is 3.16. The first-order valence-electron chi connectivity index (χ1n) is 8.56. The third-order valence-corrected chi connectivity index (χ3v) is 3.82. The lowest BCUT2D eigenvalue weighted by molar-refractivity contribution is -0.137. The second-order valence-corrected chi connectivity index (χ2v) is 5.91. The van der Waals surface area contributed by atoms with Crippen LogP contribution in [0.15, 0.2) is 0 Å². The summed E-state index contributed by atoms with van der Waals surface area (Å²) in [6.45, 7) is 2.23. The molecule has 0 spiro atoms. The number of aliphatic carboxylic acids is 1. The number of unbranched alkanes of at least 4 members (excludes halogenated alkanes) is 9. The summed E-state index contributed by atoms with van der Waals surface area (Å²) in [4.78, 5) is 10.3. The maximum absolute atomic E-state index is 10.3. The Labute approximate surface area is 124 Å². The predicted molar refractivity (Wildman–Crippen MR) is 84.0 cm³/mol. The van der Waals surface area contributed by atoms with Crippen molar-refractivity contribution in [3.05, 3.63) is 0 Å². The standard InChI is InChI=1S/C17H34O3/c1-2-3-4-5-7-10-13-16(18)14-11-8-6-9-12-15-17(19)20/h16,18H,2-15H2,1H3,(H,19,20). The van der Waals surface area contributed by atoms with Crippen molar-refractivity contribution in [2.45, 2.75) is 103 Å². The van der Waals surface area contributed by atoms with Crippen LogP contribution in [0.1, 0.15) is 96.8 Å². The lowest BCUT2D eigenvalue weighted by Gasteiger charge is -2.10. The minimum absolute atomic E-state index is 0.125. The smallest absolute Gasteiger partial charge is 0.303 e. The second-order valence-electron chi connectivity index (χ2n) is 5.91. The molecule has 0 heterocycles. The van der Waals surface area contributed by atoms with Gasteiger partial charge in [0, 0.05) is 6.42 Å². The molecule has 1 atom stereocenters. The Morgan fingerprint density at radius 3 is 1.75 bits per heavy atom. The summed E-state index contributed by atoms with van der Waals surface area (Å²) in [5.74, 6) is -0.695. The molecule has 0 bridgehead atoms. The van der Waals surface area contributed by atoms with Crippen molar-refractivity contribution < 1.29 is 15.0 Å². The Bertz CT molecular complexity index is 216. The molecule has 0 amide bonds. The highest BCUT2D eigenvalue weighted by atomic mass is 16.4. The summed E-state index contributed by atoms with van der Waals surface area (Å²) in [6.07, 6.45) is 14.8. The lowest BCUT2D eigenvalue weighted by atomic mass is 10.0. The molecule has 0 fully saturated rings. The van der Waals surface area contributed by atoms with Gasteiger partial charge in [0.2, 0.25) is 0 Å². The van der Waals surface area contributed by atoms with E-state index in [1.54, 1.807) is 0 Å². The molecule has 0 radical (unpaired) electrons. The van der Waals surface area contributed by atoms with Crippen LogP contribution in [0.2, 0.25) is 0 Å². The van der Waals surface area contributed by atoms with Gasteiger partial charge in [0.25, 0.3) is 0 Å². The zero-order valence-electron chi connectivity index (χ0n) is 13.3. The van der Waals surface area contributed by atoms with Crippen LogP contribution in [0.25, 0.3) is 0 Å². The van der Waals surface area contributed by atoms with Gasteiger partial charge in [-0.3, -0.25) is 4.79 Å². The van der Waals surface area contributed by atoms with Gasteiger partial charge in [0.1, 0.15) is 0 Å². The van der Waals surface area contributed by atoms with Crippen LogP contribution < -0.4 is 0 Å². The molecule has 0 aliphatic heterocycles. The van der Waals surface area contributed by atoms with E-state index in [4.69, 9.17) is 5.11 Å². The topological polar surface area (TPSA) is 57.5 Å². The monoisotopic (exact) mass is 286 g/mol. The summed E-state index contributed by atoms with van der Waals surface area (Å²) in [5, 5.41) is 18.4. The zero-order valence-corrected chi connectivity index (χ0v) is 13.3. The van der Waals surface area contributed by atoms with Crippen molar-refractivity contribution >= 4 is 5.97 Å². The number of rotatable bonds is 15. The van der Waals surface area contributed by atoms with Gasteiger partial charge in [-0.05, 0) is 19.3 Å². The first-order valence-corrected chi connectivity index (χ1v) is 8.56. The molecule has 0 saturated heterocycles. The molecular formula is C17H34O3. The van der Waals surface area contributed by atoms with Crippen molar-refractivity contribution in [1.82, 2.24) is 0 Å². The van der Waals surface area contributed by atoms with Crippen LogP contribution in [-0.4, -0.2) is 22.3 Å². The van der Waals surface area contributed by atoms with E-state index in [0.29, 0.717) is 6.42 Å². The molecule has 0 aliphatic rings. The van der Waals surface area contributed by atoms with Crippen molar-refractivity contribution in [2.75, 3.05) is 0 Å². The Kier molecular flexibility index (Phi) is 14.4. The Morgan fingerprint density at radius 2 is 1.25 bits per heavy atom. The maximum Gasteiger partial charge on any atom is 0.303 e. The highest BCUT2D eigenvalue weighted by molar-refractivity contribution is 5.66. The van der Waals surface area contributed by atoms with Gasteiger partial charge in [-0.25, -0.2) is 0 Å². The molecule has 0 saturated carbocycles. The second kappa shape index (κ2) is 14.8. The number of carboxylic acid groups (broad SMARTS) is 1. The van der Waals surface area contributed by atoms with Gasteiger partial charge >= 0.3 is 5.97 Å². The van der Waals surface area contributed by atoms with Gasteiger partial charge in [0.05, 0.1) is 6.10 Å². The average Bonchev–Trinajstić information content (AvgIpc) is 2.41. The Morgan fingerprint density at radius 1 is 0.800 bits per heavy atom. The van der Waals surface area contributed by atoms with E-state index in [2.05, 4.69) is 6.92 Å². The first kappa shape index (κ1) is 19.4. The summed E-state index contributed by atoms with van der Waals surface area (Å²) in [7, 11) is 0. The molecule has 3 heteroatoms. The fourth-order valence-electron chi connectivity index (χ4n) is 2.49. The fraction of sp³-hybridized carbons (Fsp3) is 0.941. The van der Waals surface area contributed by atoms with Gasteiger partial charge < -0.3 is 10.2 Å². The van der Waals surface area contributed by atoms with Gasteiger partial charge in [-0.2, -0.15) is 0 Å². The quantitative estimate of drug-likeness (QED) is 0.420. The summed E-state index contributed by atoms with van der Waals surface area (Å²) >= 11 is 0. The van der Waals surface area contributed by atoms with Crippen molar-refractivity contribution in [1.29, 1.82) is 0 Å². The molecular weight excluding hydrogens is 252 g/mol. The van der Waals surface area contributed by atoms with Crippen LogP contribution in [0.3, 0.4) is 0 Å². The largest absolute Gasteiger partial charge is 0.481 e. The minimum Gasteiger partial charge on any atom is -0.481 e. The van der Waals surface area contributed by atoms with E-state index >= 15 is 0 Å². The maximum atomic E-state index is 10.3. The van der Waals surface area contributed by atoms with Gasteiger partial charge in [-0.1, -0.05) is 71.1 Å².